The first-order valence-corrected chi connectivity index (χ1v) is 10.4. The predicted molar refractivity (Wildman–Crippen MR) is 116 cm³/mol. The zero-order valence-electron chi connectivity index (χ0n) is 17.8. The quantitative estimate of drug-likeness (QED) is 0.478. The van der Waals surface area contributed by atoms with Crippen molar-refractivity contribution in [1.82, 2.24) is 20.2 Å². The van der Waals surface area contributed by atoms with E-state index in [0.29, 0.717) is 24.4 Å². The smallest absolute Gasteiger partial charge is 0.370 e. The van der Waals surface area contributed by atoms with Crippen LogP contribution < -0.4 is 0 Å². The lowest BCUT2D eigenvalue weighted by atomic mass is 10.0. The molecule has 32 heavy (non-hydrogen) atoms. The molecule has 1 aliphatic rings. The van der Waals surface area contributed by atoms with E-state index in [1.165, 1.54) is 0 Å². The molecule has 3 heterocycles. The highest BCUT2D eigenvalue weighted by Crippen LogP contribution is 2.35. The molecule has 0 spiro atoms. The normalized spacial score (nSPS) is 19.2. The number of para-hydroxylation sites is 1. The van der Waals surface area contributed by atoms with Gasteiger partial charge in [-0.25, -0.2) is 14.8 Å². The van der Waals surface area contributed by atoms with E-state index >= 15 is 0 Å². The maximum absolute atomic E-state index is 13.0. The molecule has 5 rings (SSSR count). The predicted octanol–water partition coefficient (Wildman–Crippen LogP) is 4.12. The molecule has 0 bridgehead atoms. The maximum Gasteiger partial charge on any atom is 0.395 e. The SMILES string of the molecule is Cc1noc(C)c1C1CN(OC(=O)c2ncc3ccccc3n2)C(c2ccccc2)CO1. The molecule has 8 nitrogen and oxygen atoms in total. The average Bonchev–Trinajstić information content (AvgIpc) is 3.17. The standard InChI is InChI=1S/C24H22N4O4/c1-15-22(16(2)31-27-15)21-13-28(20(14-30-21)17-8-4-3-5-9-17)32-24(29)23-25-12-18-10-6-7-11-19(18)26-23/h3-12,20-21H,13-14H2,1-2H3. The molecule has 4 aromatic rings. The summed E-state index contributed by atoms with van der Waals surface area (Å²) in [6.45, 7) is 4.38. The Balaban J connectivity index is 1.43. The molecule has 2 aromatic heterocycles. The third kappa shape index (κ3) is 3.86. The summed E-state index contributed by atoms with van der Waals surface area (Å²) in [4.78, 5) is 27.4. The van der Waals surface area contributed by atoms with Crippen LogP contribution in [0, 0.1) is 13.8 Å². The number of ether oxygens (including phenoxy) is 1. The molecule has 1 fully saturated rings. The molecule has 2 aromatic carbocycles. The highest BCUT2D eigenvalue weighted by atomic mass is 16.7. The number of carbonyl (C=O) groups is 1. The fourth-order valence-electron chi connectivity index (χ4n) is 4.01. The van der Waals surface area contributed by atoms with Gasteiger partial charge in [-0.15, -0.1) is 5.06 Å². The van der Waals surface area contributed by atoms with Crippen molar-refractivity contribution in [3.05, 3.63) is 89.2 Å². The van der Waals surface area contributed by atoms with Crippen LogP contribution in [0.15, 0.2) is 65.3 Å². The number of morpholine rings is 1. The van der Waals surface area contributed by atoms with Gasteiger partial charge in [-0.2, -0.15) is 0 Å². The van der Waals surface area contributed by atoms with Crippen LogP contribution in [0.4, 0.5) is 0 Å². The molecule has 1 aliphatic heterocycles. The number of hydrogen-bond acceptors (Lipinski definition) is 8. The Labute approximate surface area is 184 Å². The maximum atomic E-state index is 13.0. The van der Waals surface area contributed by atoms with Crippen LogP contribution >= 0.6 is 0 Å². The van der Waals surface area contributed by atoms with Crippen molar-refractivity contribution in [3.63, 3.8) is 0 Å². The summed E-state index contributed by atoms with van der Waals surface area (Å²) in [6, 6.07) is 17.0. The van der Waals surface area contributed by atoms with Gasteiger partial charge in [0, 0.05) is 17.1 Å². The molecule has 0 N–H and O–H groups in total. The Bertz CT molecular complexity index is 1240. The minimum absolute atomic E-state index is 0.0101. The van der Waals surface area contributed by atoms with E-state index in [1.807, 2.05) is 68.4 Å². The van der Waals surface area contributed by atoms with Crippen LogP contribution in [0.25, 0.3) is 10.9 Å². The molecule has 1 saturated heterocycles. The number of hydroxylamine groups is 2. The topological polar surface area (TPSA) is 90.6 Å². The summed E-state index contributed by atoms with van der Waals surface area (Å²) < 4.78 is 11.5. The van der Waals surface area contributed by atoms with Crippen LogP contribution in [0.5, 0.6) is 0 Å². The number of fused-ring (bicyclic) bond motifs is 1. The monoisotopic (exact) mass is 430 g/mol. The lowest BCUT2D eigenvalue weighted by molar-refractivity contribution is -0.210. The van der Waals surface area contributed by atoms with Gasteiger partial charge in [0.1, 0.15) is 11.9 Å². The van der Waals surface area contributed by atoms with Gasteiger partial charge in [0.05, 0.1) is 30.4 Å². The van der Waals surface area contributed by atoms with Crippen molar-refractivity contribution in [3.8, 4) is 0 Å². The third-order valence-corrected chi connectivity index (χ3v) is 5.62. The average molecular weight is 430 g/mol. The number of carbonyl (C=O) groups excluding carboxylic acids is 1. The minimum Gasteiger partial charge on any atom is -0.370 e. The second-order valence-corrected chi connectivity index (χ2v) is 7.72. The van der Waals surface area contributed by atoms with Crippen LogP contribution in [0.2, 0.25) is 0 Å². The van der Waals surface area contributed by atoms with Crippen LogP contribution in [0.3, 0.4) is 0 Å². The summed E-state index contributed by atoms with van der Waals surface area (Å²) in [5, 5.41) is 6.54. The Kier molecular flexibility index (Phi) is 5.38. The van der Waals surface area contributed by atoms with Crippen LogP contribution in [-0.2, 0) is 9.57 Å². The molecular weight excluding hydrogens is 408 g/mol. The van der Waals surface area contributed by atoms with Crippen molar-refractivity contribution in [2.75, 3.05) is 13.2 Å². The molecule has 0 saturated carbocycles. The van der Waals surface area contributed by atoms with Crippen molar-refractivity contribution < 1.29 is 18.9 Å². The van der Waals surface area contributed by atoms with Crippen molar-refractivity contribution >= 4 is 16.9 Å². The zero-order chi connectivity index (χ0) is 22.1. The fraction of sp³-hybridized carbons (Fsp3) is 0.250. The number of rotatable bonds is 4. The van der Waals surface area contributed by atoms with E-state index in [1.54, 1.807) is 11.3 Å². The molecule has 2 unspecified atom stereocenters. The Morgan fingerprint density at radius 1 is 1.09 bits per heavy atom. The highest BCUT2D eigenvalue weighted by molar-refractivity contribution is 5.88. The molecule has 0 amide bonds. The van der Waals surface area contributed by atoms with Crippen molar-refractivity contribution in [2.24, 2.45) is 0 Å². The fourth-order valence-corrected chi connectivity index (χ4v) is 4.01. The largest absolute Gasteiger partial charge is 0.395 e. The number of benzene rings is 2. The number of aromatic nitrogens is 3. The first-order valence-electron chi connectivity index (χ1n) is 10.4. The number of nitrogens with zero attached hydrogens (tertiary/aromatic N) is 4. The molecule has 0 aliphatic carbocycles. The van der Waals surface area contributed by atoms with Gasteiger partial charge in [-0.1, -0.05) is 53.7 Å². The first kappa shape index (κ1) is 20.3. The lowest BCUT2D eigenvalue weighted by Gasteiger charge is -2.37. The van der Waals surface area contributed by atoms with Gasteiger partial charge in [-0.05, 0) is 25.5 Å². The van der Waals surface area contributed by atoms with Crippen LogP contribution in [-0.4, -0.2) is 39.3 Å². The van der Waals surface area contributed by atoms with E-state index < -0.39 is 5.97 Å². The van der Waals surface area contributed by atoms with E-state index in [-0.39, 0.29) is 18.0 Å². The van der Waals surface area contributed by atoms with Crippen molar-refractivity contribution in [1.29, 1.82) is 0 Å². The summed E-state index contributed by atoms with van der Waals surface area (Å²) in [7, 11) is 0. The molecule has 8 heteroatoms. The van der Waals surface area contributed by atoms with Gasteiger partial charge in [0.2, 0.25) is 5.82 Å². The minimum atomic E-state index is -0.615. The number of hydrogen-bond donors (Lipinski definition) is 0. The van der Waals surface area contributed by atoms with Gasteiger partial charge < -0.3 is 14.1 Å². The van der Waals surface area contributed by atoms with E-state index in [9.17, 15) is 4.79 Å². The van der Waals surface area contributed by atoms with Gasteiger partial charge >= 0.3 is 5.97 Å². The van der Waals surface area contributed by atoms with Gasteiger partial charge in [-0.3, -0.25) is 0 Å². The summed E-state index contributed by atoms with van der Waals surface area (Å²) in [5.74, 6) is 0.0850. The second-order valence-electron chi connectivity index (χ2n) is 7.72. The summed E-state index contributed by atoms with van der Waals surface area (Å²) >= 11 is 0. The second kappa shape index (κ2) is 8.49. The summed E-state index contributed by atoms with van der Waals surface area (Å²) in [5.41, 5.74) is 3.30. The first-order chi connectivity index (χ1) is 15.6. The van der Waals surface area contributed by atoms with Gasteiger partial charge in [0.15, 0.2) is 0 Å². The van der Waals surface area contributed by atoms with E-state index in [4.69, 9.17) is 14.1 Å². The lowest BCUT2D eigenvalue weighted by Crippen LogP contribution is -2.42. The summed E-state index contributed by atoms with van der Waals surface area (Å²) in [6.07, 6.45) is 1.28. The Morgan fingerprint density at radius 2 is 1.88 bits per heavy atom. The molecule has 2 atom stereocenters. The Hall–Kier alpha value is -3.62. The zero-order valence-corrected chi connectivity index (χ0v) is 17.8. The molecular formula is C24H22N4O4. The van der Waals surface area contributed by atoms with E-state index in [2.05, 4.69) is 15.1 Å². The van der Waals surface area contributed by atoms with E-state index in [0.717, 1.165) is 22.2 Å². The third-order valence-electron chi connectivity index (χ3n) is 5.62. The highest BCUT2D eigenvalue weighted by Gasteiger charge is 2.36. The van der Waals surface area contributed by atoms with Crippen LogP contribution in [0.1, 0.15) is 45.3 Å². The van der Waals surface area contributed by atoms with Gasteiger partial charge in [0.25, 0.3) is 0 Å². The Morgan fingerprint density at radius 3 is 2.66 bits per heavy atom. The van der Waals surface area contributed by atoms with Crippen molar-refractivity contribution in [2.45, 2.75) is 26.0 Å². The molecule has 162 valence electrons. The number of aryl methyl sites for hydroxylation is 2. The molecule has 0 radical (unpaired) electrons.